The fraction of sp³-hybridized carbons (Fsp3) is 0.611. The number of methoxy groups -OCH3 is 1. The van der Waals surface area contributed by atoms with Crippen LogP contribution in [-0.2, 0) is 4.74 Å². The summed E-state index contributed by atoms with van der Waals surface area (Å²) in [5.41, 5.74) is 1.25. The zero-order chi connectivity index (χ0) is 17.7. The van der Waals surface area contributed by atoms with Crippen LogP contribution in [0.2, 0.25) is 0 Å². The van der Waals surface area contributed by atoms with Crippen molar-refractivity contribution >= 4 is 17.5 Å². The number of anilines is 2. The van der Waals surface area contributed by atoms with E-state index in [1.165, 1.54) is 0 Å². The zero-order valence-corrected chi connectivity index (χ0v) is 15.4. The molecular formula is C18H30N2O3. The molecule has 0 spiro atoms. The van der Waals surface area contributed by atoms with E-state index in [0.717, 1.165) is 18.7 Å². The summed E-state index contributed by atoms with van der Waals surface area (Å²) in [4.78, 5) is 11.9. The zero-order valence-electron chi connectivity index (χ0n) is 15.4. The van der Waals surface area contributed by atoms with Crippen molar-refractivity contribution in [3.8, 4) is 5.75 Å². The molecule has 0 fully saturated rings. The number of benzene rings is 1. The lowest BCUT2D eigenvalue weighted by Gasteiger charge is -2.21. The molecule has 1 aromatic carbocycles. The Kier molecular flexibility index (Phi) is 6.30. The van der Waals surface area contributed by atoms with Crippen LogP contribution in [0.25, 0.3) is 0 Å². The van der Waals surface area contributed by atoms with E-state index in [1.54, 1.807) is 7.11 Å². The smallest absolute Gasteiger partial charge is 0.412 e. The van der Waals surface area contributed by atoms with Gasteiger partial charge in [0.1, 0.15) is 11.4 Å². The van der Waals surface area contributed by atoms with Crippen LogP contribution in [0.5, 0.6) is 5.75 Å². The molecule has 0 aliphatic heterocycles. The van der Waals surface area contributed by atoms with Gasteiger partial charge in [0.2, 0.25) is 0 Å². The average Bonchev–Trinajstić information content (AvgIpc) is 2.35. The van der Waals surface area contributed by atoms with E-state index in [2.05, 4.69) is 31.4 Å². The van der Waals surface area contributed by atoms with Gasteiger partial charge in [-0.2, -0.15) is 0 Å². The van der Waals surface area contributed by atoms with E-state index in [0.29, 0.717) is 11.4 Å². The summed E-state index contributed by atoms with van der Waals surface area (Å²) < 4.78 is 10.6. The molecule has 0 atom stereocenters. The molecule has 0 aliphatic rings. The van der Waals surface area contributed by atoms with Gasteiger partial charge in [-0.1, -0.05) is 20.8 Å². The van der Waals surface area contributed by atoms with Crippen LogP contribution in [0.1, 0.15) is 48.0 Å². The normalized spacial score (nSPS) is 11.8. The minimum atomic E-state index is -0.542. The Balaban J connectivity index is 2.77. The highest BCUT2D eigenvalue weighted by Gasteiger charge is 2.18. The van der Waals surface area contributed by atoms with E-state index in [1.807, 2.05) is 39.0 Å². The van der Waals surface area contributed by atoms with Crippen LogP contribution in [0.4, 0.5) is 16.2 Å². The number of rotatable bonds is 5. The van der Waals surface area contributed by atoms with Gasteiger partial charge in [-0.3, -0.25) is 5.32 Å². The number of nitrogens with one attached hydrogen (secondary N) is 2. The summed E-state index contributed by atoms with van der Waals surface area (Å²) in [6, 6.07) is 5.61. The standard InChI is InChI=1S/C18H30N2O3/c1-17(2,3)10-11-19-13-8-9-15(22-7)14(12-13)20-16(21)23-18(4,5)6/h8-9,12,19H,10-11H2,1-7H3,(H,20,21). The first kappa shape index (κ1) is 19.1. The molecule has 2 N–H and O–H groups in total. The Bertz CT molecular complexity index is 528. The lowest BCUT2D eigenvalue weighted by atomic mass is 9.92. The molecule has 1 rings (SSSR count). The molecule has 130 valence electrons. The first-order valence-corrected chi connectivity index (χ1v) is 7.92. The van der Waals surface area contributed by atoms with Gasteiger partial charge >= 0.3 is 6.09 Å². The van der Waals surface area contributed by atoms with Crippen molar-refractivity contribution in [1.82, 2.24) is 0 Å². The molecule has 0 saturated heterocycles. The van der Waals surface area contributed by atoms with Gasteiger partial charge < -0.3 is 14.8 Å². The lowest BCUT2D eigenvalue weighted by molar-refractivity contribution is 0.0635. The monoisotopic (exact) mass is 322 g/mol. The maximum atomic E-state index is 11.9. The molecule has 1 amide bonds. The number of carbonyl (C=O) groups excluding carboxylic acids is 1. The third-order valence-electron chi connectivity index (χ3n) is 3.04. The van der Waals surface area contributed by atoms with Gasteiger partial charge in [0.15, 0.2) is 0 Å². The van der Waals surface area contributed by atoms with Crippen molar-refractivity contribution in [2.24, 2.45) is 5.41 Å². The molecule has 0 aliphatic carbocycles. The molecule has 0 unspecified atom stereocenters. The molecule has 0 radical (unpaired) electrons. The summed E-state index contributed by atoms with van der Waals surface area (Å²) >= 11 is 0. The Morgan fingerprint density at radius 1 is 1.13 bits per heavy atom. The second kappa shape index (κ2) is 7.57. The minimum absolute atomic E-state index is 0.275. The van der Waals surface area contributed by atoms with Gasteiger partial charge in [-0.05, 0) is 50.8 Å². The predicted octanol–water partition coefficient (Wildman–Crippen LogP) is 4.89. The molecule has 0 aromatic heterocycles. The summed E-state index contributed by atoms with van der Waals surface area (Å²) in [6.45, 7) is 13.0. The molecule has 0 saturated carbocycles. The summed E-state index contributed by atoms with van der Waals surface area (Å²) in [5.74, 6) is 0.595. The van der Waals surface area contributed by atoms with Gasteiger partial charge in [0.25, 0.3) is 0 Å². The van der Waals surface area contributed by atoms with E-state index in [4.69, 9.17) is 9.47 Å². The molecule has 0 bridgehead atoms. The third-order valence-corrected chi connectivity index (χ3v) is 3.04. The molecular weight excluding hydrogens is 292 g/mol. The van der Waals surface area contributed by atoms with E-state index in [9.17, 15) is 4.79 Å². The number of ether oxygens (including phenoxy) is 2. The van der Waals surface area contributed by atoms with Gasteiger partial charge in [0, 0.05) is 12.2 Å². The number of carbonyl (C=O) groups is 1. The van der Waals surface area contributed by atoms with Gasteiger partial charge in [0.05, 0.1) is 12.8 Å². The van der Waals surface area contributed by atoms with Gasteiger partial charge in [-0.15, -0.1) is 0 Å². The molecule has 0 heterocycles. The Morgan fingerprint density at radius 2 is 1.78 bits per heavy atom. The van der Waals surface area contributed by atoms with Gasteiger partial charge in [-0.25, -0.2) is 4.79 Å². The maximum absolute atomic E-state index is 11.9. The Morgan fingerprint density at radius 3 is 2.30 bits per heavy atom. The molecule has 1 aromatic rings. The van der Waals surface area contributed by atoms with Crippen molar-refractivity contribution in [2.75, 3.05) is 24.3 Å². The van der Waals surface area contributed by atoms with E-state index >= 15 is 0 Å². The summed E-state index contributed by atoms with van der Waals surface area (Å²) in [7, 11) is 1.57. The second-order valence-electron chi connectivity index (χ2n) is 7.78. The summed E-state index contributed by atoms with van der Waals surface area (Å²) in [5, 5.41) is 6.11. The van der Waals surface area contributed by atoms with Crippen molar-refractivity contribution in [2.45, 2.75) is 53.6 Å². The predicted molar refractivity (Wildman–Crippen MR) is 95.4 cm³/mol. The van der Waals surface area contributed by atoms with Crippen molar-refractivity contribution < 1.29 is 14.3 Å². The SMILES string of the molecule is COc1ccc(NCCC(C)(C)C)cc1NC(=O)OC(C)(C)C. The minimum Gasteiger partial charge on any atom is -0.495 e. The third kappa shape index (κ3) is 7.77. The number of hydrogen-bond donors (Lipinski definition) is 2. The van der Waals surface area contributed by atoms with Crippen LogP contribution in [0.15, 0.2) is 18.2 Å². The fourth-order valence-corrected chi connectivity index (χ4v) is 1.91. The molecule has 5 nitrogen and oxygen atoms in total. The van der Waals surface area contributed by atoms with Crippen LogP contribution < -0.4 is 15.4 Å². The first-order valence-electron chi connectivity index (χ1n) is 7.92. The van der Waals surface area contributed by atoms with Crippen LogP contribution in [0.3, 0.4) is 0 Å². The Hall–Kier alpha value is -1.91. The quantitative estimate of drug-likeness (QED) is 0.810. The lowest BCUT2D eigenvalue weighted by Crippen LogP contribution is -2.27. The largest absolute Gasteiger partial charge is 0.495 e. The number of amides is 1. The molecule has 5 heteroatoms. The van der Waals surface area contributed by atoms with Crippen molar-refractivity contribution in [3.63, 3.8) is 0 Å². The van der Waals surface area contributed by atoms with Crippen molar-refractivity contribution in [3.05, 3.63) is 18.2 Å². The summed E-state index contributed by atoms with van der Waals surface area (Å²) in [6.07, 6.45) is 0.552. The second-order valence-corrected chi connectivity index (χ2v) is 7.78. The maximum Gasteiger partial charge on any atom is 0.412 e. The first-order chi connectivity index (χ1) is 10.5. The van der Waals surface area contributed by atoms with Crippen molar-refractivity contribution in [1.29, 1.82) is 0 Å². The number of hydrogen-bond acceptors (Lipinski definition) is 4. The highest BCUT2D eigenvalue weighted by molar-refractivity contribution is 5.88. The Labute approximate surface area is 139 Å². The van der Waals surface area contributed by atoms with Crippen LogP contribution in [-0.4, -0.2) is 25.3 Å². The molecule has 23 heavy (non-hydrogen) atoms. The van der Waals surface area contributed by atoms with Crippen LogP contribution in [0, 0.1) is 5.41 Å². The topological polar surface area (TPSA) is 59.6 Å². The average molecular weight is 322 g/mol. The van der Waals surface area contributed by atoms with Crippen LogP contribution >= 0.6 is 0 Å². The fourth-order valence-electron chi connectivity index (χ4n) is 1.91. The highest BCUT2D eigenvalue weighted by Crippen LogP contribution is 2.29. The highest BCUT2D eigenvalue weighted by atomic mass is 16.6. The van der Waals surface area contributed by atoms with E-state index < -0.39 is 11.7 Å². The van der Waals surface area contributed by atoms with E-state index in [-0.39, 0.29) is 5.41 Å².